The highest BCUT2D eigenvalue weighted by Crippen LogP contribution is 2.24. The molecule has 0 bridgehead atoms. The molecule has 2 atom stereocenters. The Hall–Kier alpha value is -6.42. The van der Waals surface area contributed by atoms with Gasteiger partial charge in [-0.1, -0.05) is 50.2 Å². The molecule has 0 aromatic heterocycles. The molecule has 2 unspecified atom stereocenters. The summed E-state index contributed by atoms with van der Waals surface area (Å²) in [5.74, 6) is -0.580. The second kappa shape index (κ2) is 20.1. The van der Waals surface area contributed by atoms with Crippen LogP contribution in [0.1, 0.15) is 55.5 Å². The van der Waals surface area contributed by atoms with Crippen molar-refractivity contribution in [3.05, 3.63) is 132 Å². The van der Waals surface area contributed by atoms with Gasteiger partial charge in [0, 0.05) is 6.08 Å². The second-order valence-corrected chi connectivity index (χ2v) is 12.8. The summed E-state index contributed by atoms with van der Waals surface area (Å²) in [6.45, 7) is 4.22. The maximum absolute atomic E-state index is 13.0. The molecule has 284 valence electrons. The highest BCUT2D eigenvalue weighted by molar-refractivity contribution is 5.91. The molecule has 5 aromatic carbocycles. The Labute approximate surface area is 320 Å². The second-order valence-electron chi connectivity index (χ2n) is 12.8. The first-order valence-electron chi connectivity index (χ1n) is 18.2. The van der Waals surface area contributed by atoms with Crippen LogP contribution in [-0.4, -0.2) is 44.2 Å². The molecule has 0 aliphatic rings. The predicted molar refractivity (Wildman–Crippen MR) is 208 cm³/mol. The molecule has 0 saturated heterocycles. The molecule has 0 radical (unpaired) electrons. The van der Waals surface area contributed by atoms with Crippen LogP contribution in [0.5, 0.6) is 28.7 Å². The number of esters is 4. The van der Waals surface area contributed by atoms with Crippen molar-refractivity contribution in [2.45, 2.75) is 39.5 Å². The molecule has 0 amide bonds. The van der Waals surface area contributed by atoms with E-state index in [4.69, 9.17) is 28.4 Å². The van der Waals surface area contributed by atoms with Crippen LogP contribution in [0.15, 0.2) is 121 Å². The fraction of sp³-hybridized carbons (Fsp3) is 0.244. The minimum Gasteiger partial charge on any atom is -0.497 e. The molecule has 55 heavy (non-hydrogen) atoms. The van der Waals surface area contributed by atoms with Crippen LogP contribution in [0.2, 0.25) is 0 Å². The number of benzene rings is 5. The van der Waals surface area contributed by atoms with Gasteiger partial charge in [-0.25, -0.2) is 9.59 Å². The summed E-state index contributed by atoms with van der Waals surface area (Å²) in [6.07, 6.45) is 5.06. The topological polar surface area (TPSA) is 124 Å². The Morgan fingerprint density at radius 2 is 1.24 bits per heavy atom. The van der Waals surface area contributed by atoms with Gasteiger partial charge >= 0.3 is 23.9 Å². The van der Waals surface area contributed by atoms with E-state index in [0.717, 1.165) is 16.3 Å². The van der Waals surface area contributed by atoms with Crippen molar-refractivity contribution >= 4 is 40.7 Å². The smallest absolute Gasteiger partial charge is 0.343 e. The lowest BCUT2D eigenvalue weighted by Gasteiger charge is -2.18. The Kier molecular flexibility index (Phi) is 14.6. The van der Waals surface area contributed by atoms with E-state index in [2.05, 4.69) is 0 Å². The zero-order valence-electron chi connectivity index (χ0n) is 31.1. The molecule has 10 heteroatoms. The van der Waals surface area contributed by atoms with E-state index in [1.807, 2.05) is 49.4 Å². The van der Waals surface area contributed by atoms with Crippen LogP contribution in [0, 0.1) is 11.8 Å². The van der Waals surface area contributed by atoms with Crippen molar-refractivity contribution in [2.75, 3.05) is 20.3 Å². The van der Waals surface area contributed by atoms with Gasteiger partial charge in [0.15, 0.2) is 0 Å². The molecule has 0 spiro atoms. The first-order valence-corrected chi connectivity index (χ1v) is 18.2. The van der Waals surface area contributed by atoms with E-state index in [9.17, 15) is 19.2 Å². The summed E-state index contributed by atoms with van der Waals surface area (Å²) in [5.41, 5.74) is 1.26. The number of carbonyl (C=O) groups is 4. The average Bonchev–Trinajstić information content (AvgIpc) is 3.21. The zero-order chi connectivity index (χ0) is 39.0. The van der Waals surface area contributed by atoms with E-state index in [1.165, 1.54) is 6.08 Å². The van der Waals surface area contributed by atoms with Gasteiger partial charge in [0.25, 0.3) is 0 Å². The van der Waals surface area contributed by atoms with Crippen LogP contribution in [0.4, 0.5) is 0 Å². The Balaban J connectivity index is 0.962. The van der Waals surface area contributed by atoms with Gasteiger partial charge in [0.1, 0.15) is 28.7 Å². The van der Waals surface area contributed by atoms with Crippen LogP contribution < -0.4 is 23.7 Å². The number of rotatable bonds is 18. The number of hydrogen-bond acceptors (Lipinski definition) is 10. The van der Waals surface area contributed by atoms with Crippen LogP contribution in [-0.2, 0) is 19.1 Å². The van der Waals surface area contributed by atoms with E-state index in [1.54, 1.807) is 92.9 Å². The summed E-state index contributed by atoms with van der Waals surface area (Å²) < 4.78 is 32.7. The molecule has 5 aromatic rings. The minimum atomic E-state index is -0.534. The van der Waals surface area contributed by atoms with Crippen LogP contribution >= 0.6 is 0 Å². The lowest BCUT2D eigenvalue weighted by molar-refractivity contribution is -0.149. The third kappa shape index (κ3) is 12.3. The quantitative estimate of drug-likeness (QED) is 0.0372. The molecule has 0 fully saturated rings. The molecule has 10 nitrogen and oxygen atoms in total. The summed E-state index contributed by atoms with van der Waals surface area (Å²) in [4.78, 5) is 50.4. The fourth-order valence-corrected chi connectivity index (χ4v) is 5.56. The lowest BCUT2D eigenvalue weighted by Crippen LogP contribution is -2.26. The van der Waals surface area contributed by atoms with Gasteiger partial charge in [0.2, 0.25) is 0 Å². The maximum Gasteiger partial charge on any atom is 0.343 e. The van der Waals surface area contributed by atoms with Gasteiger partial charge < -0.3 is 28.4 Å². The lowest BCUT2D eigenvalue weighted by atomic mass is 9.94. The molecular formula is C45H44O10. The Morgan fingerprint density at radius 3 is 1.91 bits per heavy atom. The van der Waals surface area contributed by atoms with Crippen molar-refractivity contribution in [1.82, 2.24) is 0 Å². The highest BCUT2D eigenvalue weighted by atomic mass is 16.5. The molecule has 5 rings (SSSR count). The highest BCUT2D eigenvalue weighted by Gasteiger charge is 2.26. The van der Waals surface area contributed by atoms with Crippen molar-refractivity contribution in [3.8, 4) is 28.7 Å². The number of unbranched alkanes of at least 4 members (excludes halogenated alkanes) is 1. The van der Waals surface area contributed by atoms with E-state index >= 15 is 0 Å². The summed E-state index contributed by atoms with van der Waals surface area (Å²) in [7, 11) is 1.56. The number of ether oxygens (including phenoxy) is 6. The molecule has 0 aliphatic heterocycles. The fourth-order valence-electron chi connectivity index (χ4n) is 5.56. The molecule has 0 N–H and O–H groups in total. The van der Waals surface area contributed by atoms with Gasteiger partial charge in [-0.3, -0.25) is 9.59 Å². The van der Waals surface area contributed by atoms with Crippen LogP contribution in [0.25, 0.3) is 16.8 Å². The Bertz CT molecular complexity index is 2070. The first-order chi connectivity index (χ1) is 26.7. The maximum atomic E-state index is 13.0. The van der Waals surface area contributed by atoms with Crippen molar-refractivity contribution in [3.63, 3.8) is 0 Å². The van der Waals surface area contributed by atoms with Gasteiger partial charge in [0.05, 0.1) is 37.7 Å². The van der Waals surface area contributed by atoms with Crippen molar-refractivity contribution < 1.29 is 47.6 Å². The number of methoxy groups -OCH3 is 1. The van der Waals surface area contributed by atoms with Gasteiger partial charge in [-0.05, 0) is 127 Å². The SMILES string of the molecule is CCC(CC(C)C(=O)OCCCCOc1ccc(C(=O)Oc2ccc(OC)cc2)cc1)C(=O)Oc1ccc(OC(=O)C=Cc2ccc3ccccc3c2)cc1. The third-order valence-electron chi connectivity index (χ3n) is 8.72. The normalized spacial score (nSPS) is 12.1. The van der Waals surface area contributed by atoms with E-state index in [-0.39, 0.29) is 19.0 Å². The molecule has 0 aliphatic carbocycles. The summed E-state index contributed by atoms with van der Waals surface area (Å²) in [5, 5.41) is 2.19. The minimum absolute atomic E-state index is 0.222. The standard InChI is InChI=1S/C45H44O10/c1-4-33(44(48)54-41-24-22-39(23-25-41)53-42(46)26-12-32-11-13-34-9-5-6-10-36(34)30-32)29-31(2)43(47)52-28-8-7-27-51-38-16-14-35(15-17-38)45(49)55-40-20-18-37(50-3)19-21-40/h5-6,9-26,30-31,33H,4,7-8,27-29H2,1-3H3. The number of carbonyl (C=O) groups excluding carboxylic acids is 4. The van der Waals surface area contributed by atoms with Gasteiger partial charge in [-0.2, -0.15) is 0 Å². The zero-order valence-corrected chi connectivity index (χ0v) is 31.1. The molecular weight excluding hydrogens is 700 g/mol. The molecule has 0 saturated carbocycles. The van der Waals surface area contributed by atoms with Crippen LogP contribution in [0.3, 0.4) is 0 Å². The predicted octanol–water partition coefficient (Wildman–Crippen LogP) is 9.05. The van der Waals surface area contributed by atoms with E-state index in [0.29, 0.717) is 60.2 Å². The number of fused-ring (bicyclic) bond motifs is 1. The van der Waals surface area contributed by atoms with E-state index < -0.39 is 29.7 Å². The van der Waals surface area contributed by atoms with Gasteiger partial charge in [-0.15, -0.1) is 0 Å². The van der Waals surface area contributed by atoms with Crippen molar-refractivity contribution in [2.24, 2.45) is 11.8 Å². The first kappa shape index (κ1) is 39.8. The summed E-state index contributed by atoms with van der Waals surface area (Å²) >= 11 is 0. The molecule has 0 heterocycles. The van der Waals surface area contributed by atoms with Crippen molar-refractivity contribution in [1.29, 1.82) is 0 Å². The average molecular weight is 745 g/mol. The monoisotopic (exact) mass is 744 g/mol. The Morgan fingerprint density at radius 1 is 0.636 bits per heavy atom. The summed E-state index contributed by atoms with van der Waals surface area (Å²) in [6, 6.07) is 33.5. The number of hydrogen-bond donors (Lipinski definition) is 0. The third-order valence-corrected chi connectivity index (χ3v) is 8.72. The largest absolute Gasteiger partial charge is 0.497 e.